The fraction of sp³-hybridized carbons (Fsp3) is 0.750. The molecule has 13 heavy (non-hydrogen) atoms. The number of hydrogen-bond donors (Lipinski definition) is 0. The van der Waals surface area contributed by atoms with Crippen LogP contribution in [0.1, 0.15) is 19.8 Å². The average Bonchev–Trinajstić information content (AvgIpc) is 2.13. The smallest absolute Gasteiger partial charge is 0.268 e. The standard InChI is InChI=1S/C8H13ClO3S/c1-2-3-7-11-13(10)12-8-5-4-6-9/h2-3,6-8H2,1H3. The van der Waals surface area contributed by atoms with E-state index in [1.165, 1.54) is 0 Å². The van der Waals surface area contributed by atoms with Gasteiger partial charge in [0, 0.05) is 0 Å². The largest absolute Gasteiger partial charge is 0.305 e. The third kappa shape index (κ3) is 9.84. The van der Waals surface area contributed by atoms with Gasteiger partial charge in [-0.1, -0.05) is 25.2 Å². The molecule has 0 aliphatic carbocycles. The summed E-state index contributed by atoms with van der Waals surface area (Å²) >= 11 is 3.61. The van der Waals surface area contributed by atoms with Crippen LogP contribution in [0.25, 0.3) is 0 Å². The molecule has 0 aliphatic rings. The molecule has 1 atom stereocenters. The first kappa shape index (κ1) is 12.9. The van der Waals surface area contributed by atoms with Crippen LogP contribution in [-0.2, 0) is 19.7 Å². The minimum Gasteiger partial charge on any atom is -0.268 e. The van der Waals surface area contributed by atoms with Crippen molar-refractivity contribution in [2.75, 3.05) is 19.1 Å². The Kier molecular flexibility index (Phi) is 9.94. The zero-order chi connectivity index (χ0) is 9.94. The lowest BCUT2D eigenvalue weighted by Crippen LogP contribution is -2.03. The highest BCUT2D eigenvalue weighted by molar-refractivity contribution is 7.75. The molecular weight excluding hydrogens is 212 g/mol. The second-order valence-electron chi connectivity index (χ2n) is 2.13. The molecule has 0 saturated carbocycles. The van der Waals surface area contributed by atoms with Gasteiger partial charge in [-0.3, -0.25) is 8.37 Å². The van der Waals surface area contributed by atoms with Crippen LogP contribution >= 0.6 is 11.6 Å². The summed E-state index contributed by atoms with van der Waals surface area (Å²) in [5, 5.41) is 0. The number of unbranched alkanes of at least 4 members (excludes halogenated alkanes) is 1. The summed E-state index contributed by atoms with van der Waals surface area (Å²) in [5.41, 5.74) is 0. The van der Waals surface area contributed by atoms with Crippen LogP contribution in [0.3, 0.4) is 0 Å². The van der Waals surface area contributed by atoms with Crippen molar-refractivity contribution in [1.82, 2.24) is 0 Å². The molecule has 0 N–H and O–H groups in total. The van der Waals surface area contributed by atoms with Crippen molar-refractivity contribution in [1.29, 1.82) is 0 Å². The van der Waals surface area contributed by atoms with Gasteiger partial charge in [0.05, 0.1) is 12.5 Å². The molecule has 0 spiro atoms. The van der Waals surface area contributed by atoms with Gasteiger partial charge in [-0.05, 0) is 6.42 Å². The molecular formula is C8H13ClO3S. The molecule has 0 aromatic carbocycles. The Morgan fingerprint density at radius 3 is 2.77 bits per heavy atom. The first-order valence-corrected chi connectivity index (χ1v) is 5.54. The van der Waals surface area contributed by atoms with E-state index in [9.17, 15) is 4.21 Å². The molecule has 5 heteroatoms. The molecule has 0 radical (unpaired) electrons. The van der Waals surface area contributed by atoms with Crippen LogP contribution < -0.4 is 0 Å². The van der Waals surface area contributed by atoms with Crippen LogP contribution in [-0.4, -0.2) is 23.3 Å². The van der Waals surface area contributed by atoms with Crippen molar-refractivity contribution < 1.29 is 12.6 Å². The summed E-state index contributed by atoms with van der Waals surface area (Å²) in [6.07, 6.45) is 1.88. The minimum atomic E-state index is -1.67. The third-order valence-corrected chi connectivity index (χ3v) is 1.90. The van der Waals surface area contributed by atoms with Gasteiger partial charge in [-0.2, -0.15) is 4.21 Å². The highest BCUT2D eigenvalue weighted by Gasteiger charge is 1.97. The van der Waals surface area contributed by atoms with Crippen molar-refractivity contribution in [3.8, 4) is 11.8 Å². The molecule has 0 rings (SSSR count). The average molecular weight is 225 g/mol. The predicted octanol–water partition coefficient (Wildman–Crippen LogP) is 1.64. The lowest BCUT2D eigenvalue weighted by atomic mass is 10.4. The van der Waals surface area contributed by atoms with E-state index in [4.69, 9.17) is 20.0 Å². The van der Waals surface area contributed by atoms with Gasteiger partial charge in [-0.25, -0.2) is 0 Å². The van der Waals surface area contributed by atoms with Crippen molar-refractivity contribution in [2.45, 2.75) is 19.8 Å². The summed E-state index contributed by atoms with van der Waals surface area (Å²) < 4.78 is 20.4. The molecule has 0 aliphatic heterocycles. The van der Waals surface area contributed by atoms with Gasteiger partial charge in [0.25, 0.3) is 0 Å². The second kappa shape index (κ2) is 10.0. The molecule has 0 aromatic heterocycles. The van der Waals surface area contributed by atoms with E-state index in [2.05, 4.69) is 11.8 Å². The molecule has 3 nitrogen and oxygen atoms in total. The quantitative estimate of drug-likeness (QED) is 0.391. The van der Waals surface area contributed by atoms with Crippen molar-refractivity contribution >= 4 is 23.0 Å². The van der Waals surface area contributed by atoms with Gasteiger partial charge < -0.3 is 0 Å². The lowest BCUT2D eigenvalue weighted by molar-refractivity contribution is 0.265. The van der Waals surface area contributed by atoms with Crippen LogP contribution in [0, 0.1) is 11.8 Å². The topological polar surface area (TPSA) is 35.5 Å². The van der Waals surface area contributed by atoms with Gasteiger partial charge >= 0.3 is 11.4 Å². The van der Waals surface area contributed by atoms with Gasteiger partial charge in [-0.15, -0.1) is 11.6 Å². The Labute approximate surface area is 86.6 Å². The first-order chi connectivity index (χ1) is 6.31. The monoisotopic (exact) mass is 224 g/mol. The van der Waals surface area contributed by atoms with Crippen LogP contribution in [0.2, 0.25) is 0 Å². The summed E-state index contributed by atoms with van der Waals surface area (Å²) in [7, 11) is 0. The van der Waals surface area contributed by atoms with E-state index < -0.39 is 11.4 Å². The maximum Gasteiger partial charge on any atom is 0.305 e. The first-order valence-electron chi connectivity index (χ1n) is 4.01. The summed E-state index contributed by atoms with van der Waals surface area (Å²) in [5.74, 6) is 5.41. The molecule has 0 saturated heterocycles. The fourth-order valence-corrected chi connectivity index (χ4v) is 1.05. The Morgan fingerprint density at radius 1 is 1.38 bits per heavy atom. The molecule has 0 amide bonds. The highest BCUT2D eigenvalue weighted by atomic mass is 35.5. The summed E-state index contributed by atoms with van der Waals surface area (Å²) in [6, 6.07) is 0. The normalized spacial score (nSPS) is 11.8. The summed E-state index contributed by atoms with van der Waals surface area (Å²) in [4.78, 5) is 0. The Morgan fingerprint density at radius 2 is 2.15 bits per heavy atom. The number of halogens is 1. The maximum absolute atomic E-state index is 10.8. The van der Waals surface area contributed by atoms with Crippen LogP contribution in [0.4, 0.5) is 0 Å². The van der Waals surface area contributed by atoms with E-state index in [-0.39, 0.29) is 12.5 Å². The molecule has 0 aromatic rings. The SMILES string of the molecule is CCCCOS(=O)OCC#CCCl. The molecule has 1 unspecified atom stereocenters. The second-order valence-corrected chi connectivity index (χ2v) is 3.28. The lowest BCUT2D eigenvalue weighted by Gasteiger charge is -1.99. The van der Waals surface area contributed by atoms with E-state index >= 15 is 0 Å². The number of hydrogen-bond acceptors (Lipinski definition) is 3. The van der Waals surface area contributed by atoms with Gasteiger partial charge in [0.1, 0.15) is 6.61 Å². The Balaban J connectivity index is 3.30. The van der Waals surface area contributed by atoms with Crippen LogP contribution in [0.5, 0.6) is 0 Å². The van der Waals surface area contributed by atoms with Crippen molar-refractivity contribution in [3.63, 3.8) is 0 Å². The maximum atomic E-state index is 10.8. The molecule has 0 bridgehead atoms. The molecule has 0 fully saturated rings. The summed E-state index contributed by atoms with van der Waals surface area (Å²) in [6.45, 7) is 2.57. The van der Waals surface area contributed by atoms with E-state index in [1.54, 1.807) is 0 Å². The van der Waals surface area contributed by atoms with E-state index in [0.717, 1.165) is 12.8 Å². The molecule has 76 valence electrons. The number of alkyl halides is 1. The fourth-order valence-electron chi connectivity index (χ4n) is 0.481. The van der Waals surface area contributed by atoms with Crippen molar-refractivity contribution in [3.05, 3.63) is 0 Å². The zero-order valence-corrected chi connectivity index (χ0v) is 9.12. The highest BCUT2D eigenvalue weighted by Crippen LogP contribution is 1.93. The molecule has 0 heterocycles. The van der Waals surface area contributed by atoms with Crippen LogP contribution in [0.15, 0.2) is 0 Å². The van der Waals surface area contributed by atoms with Crippen molar-refractivity contribution in [2.24, 2.45) is 0 Å². The Hall–Kier alpha value is -0.0800. The van der Waals surface area contributed by atoms with Gasteiger partial charge in [0.15, 0.2) is 0 Å². The minimum absolute atomic E-state index is 0.0887. The Bertz CT molecular complexity index is 197. The van der Waals surface area contributed by atoms with E-state index in [0.29, 0.717) is 6.61 Å². The number of rotatable bonds is 6. The zero-order valence-electron chi connectivity index (χ0n) is 7.55. The van der Waals surface area contributed by atoms with E-state index in [1.807, 2.05) is 6.92 Å². The van der Waals surface area contributed by atoms with Gasteiger partial charge in [0.2, 0.25) is 0 Å². The predicted molar refractivity (Wildman–Crippen MR) is 53.5 cm³/mol. The third-order valence-electron chi connectivity index (χ3n) is 1.10.